The molecule has 0 atom stereocenters. The Balaban J connectivity index is 1.67. The number of benzene rings is 2. The molecule has 2 aromatic heterocycles. The molecular formula is C19H16FN5O. The SMILES string of the molecule is CCc1c(C(=O)Nn2cnc3ccccc32)cnn1-c1ccc(F)cc1. The molecular weight excluding hydrogens is 333 g/mol. The normalized spacial score (nSPS) is 11.0. The maximum absolute atomic E-state index is 13.2. The Hall–Kier alpha value is -3.48. The van der Waals surface area contributed by atoms with Crippen molar-refractivity contribution in [3.63, 3.8) is 0 Å². The number of hydrogen-bond acceptors (Lipinski definition) is 3. The summed E-state index contributed by atoms with van der Waals surface area (Å²) < 4.78 is 16.4. The van der Waals surface area contributed by atoms with Gasteiger partial charge in [0.1, 0.15) is 12.1 Å². The molecule has 0 aliphatic rings. The van der Waals surface area contributed by atoms with Crippen LogP contribution in [0.3, 0.4) is 0 Å². The second-order valence-corrected chi connectivity index (χ2v) is 5.79. The zero-order valence-electron chi connectivity index (χ0n) is 14.1. The molecule has 0 unspecified atom stereocenters. The second kappa shape index (κ2) is 6.44. The van der Waals surface area contributed by atoms with Crippen molar-refractivity contribution < 1.29 is 9.18 Å². The van der Waals surface area contributed by atoms with E-state index in [9.17, 15) is 9.18 Å². The van der Waals surface area contributed by atoms with Gasteiger partial charge in [-0.1, -0.05) is 19.1 Å². The quantitative estimate of drug-likeness (QED) is 0.615. The van der Waals surface area contributed by atoms with Gasteiger partial charge < -0.3 is 0 Å². The summed E-state index contributed by atoms with van der Waals surface area (Å²) in [6.07, 6.45) is 3.69. The molecule has 1 N–H and O–H groups in total. The van der Waals surface area contributed by atoms with Crippen molar-refractivity contribution in [3.05, 3.63) is 78.1 Å². The number of hydrogen-bond donors (Lipinski definition) is 1. The lowest BCUT2D eigenvalue weighted by atomic mass is 10.2. The Morgan fingerprint density at radius 2 is 1.92 bits per heavy atom. The van der Waals surface area contributed by atoms with Crippen LogP contribution >= 0.6 is 0 Å². The Morgan fingerprint density at radius 1 is 1.15 bits per heavy atom. The first-order chi connectivity index (χ1) is 12.7. The van der Waals surface area contributed by atoms with E-state index >= 15 is 0 Å². The van der Waals surface area contributed by atoms with E-state index < -0.39 is 0 Å². The van der Waals surface area contributed by atoms with Gasteiger partial charge in [-0.15, -0.1) is 0 Å². The number of aromatic nitrogens is 4. The van der Waals surface area contributed by atoms with Crippen LogP contribution in [0.1, 0.15) is 23.0 Å². The third kappa shape index (κ3) is 2.73. The van der Waals surface area contributed by atoms with Crippen LogP contribution < -0.4 is 5.43 Å². The number of nitrogens with one attached hydrogen (secondary N) is 1. The van der Waals surface area contributed by atoms with Crippen LogP contribution in [0.25, 0.3) is 16.7 Å². The average molecular weight is 349 g/mol. The predicted octanol–water partition coefficient (Wildman–Crippen LogP) is 3.31. The van der Waals surface area contributed by atoms with Crippen LogP contribution in [0.15, 0.2) is 61.1 Å². The third-order valence-corrected chi connectivity index (χ3v) is 4.20. The molecule has 0 fully saturated rings. The van der Waals surface area contributed by atoms with Crippen molar-refractivity contribution in [2.75, 3.05) is 5.43 Å². The minimum absolute atomic E-state index is 0.279. The molecule has 0 bridgehead atoms. The first kappa shape index (κ1) is 16.0. The van der Waals surface area contributed by atoms with Crippen LogP contribution in [0.2, 0.25) is 0 Å². The zero-order chi connectivity index (χ0) is 18.1. The second-order valence-electron chi connectivity index (χ2n) is 5.79. The van der Waals surface area contributed by atoms with E-state index in [2.05, 4.69) is 15.5 Å². The number of nitrogens with zero attached hydrogens (tertiary/aromatic N) is 4. The summed E-state index contributed by atoms with van der Waals surface area (Å²) in [5, 5.41) is 4.31. The number of halogens is 1. The summed E-state index contributed by atoms with van der Waals surface area (Å²) in [6, 6.07) is 13.5. The fourth-order valence-electron chi connectivity index (χ4n) is 2.93. The van der Waals surface area contributed by atoms with Crippen molar-refractivity contribution in [1.82, 2.24) is 19.4 Å². The number of rotatable bonds is 4. The molecule has 7 heteroatoms. The van der Waals surface area contributed by atoms with E-state index in [1.165, 1.54) is 18.3 Å². The molecule has 0 aliphatic heterocycles. The van der Waals surface area contributed by atoms with Crippen LogP contribution in [0.4, 0.5) is 4.39 Å². The Labute approximate surface area is 148 Å². The highest BCUT2D eigenvalue weighted by molar-refractivity contribution is 6.01. The van der Waals surface area contributed by atoms with Crippen molar-refractivity contribution in [2.24, 2.45) is 0 Å². The molecule has 0 aliphatic carbocycles. The molecule has 0 saturated heterocycles. The lowest BCUT2D eigenvalue weighted by molar-refractivity contribution is 0.101. The number of amides is 1. The van der Waals surface area contributed by atoms with E-state index in [-0.39, 0.29) is 11.7 Å². The van der Waals surface area contributed by atoms with Crippen LogP contribution in [-0.4, -0.2) is 25.3 Å². The van der Waals surface area contributed by atoms with Gasteiger partial charge in [0.2, 0.25) is 0 Å². The summed E-state index contributed by atoms with van der Waals surface area (Å²) in [7, 11) is 0. The summed E-state index contributed by atoms with van der Waals surface area (Å²) in [5.74, 6) is -0.595. The highest BCUT2D eigenvalue weighted by atomic mass is 19.1. The number of carbonyl (C=O) groups excluding carboxylic acids is 1. The minimum Gasteiger partial charge on any atom is -0.267 e. The van der Waals surface area contributed by atoms with E-state index in [0.29, 0.717) is 17.7 Å². The zero-order valence-corrected chi connectivity index (χ0v) is 14.1. The molecule has 2 aromatic carbocycles. The molecule has 0 spiro atoms. The maximum atomic E-state index is 13.2. The minimum atomic E-state index is -0.316. The van der Waals surface area contributed by atoms with Crippen molar-refractivity contribution in [3.8, 4) is 5.69 Å². The molecule has 26 heavy (non-hydrogen) atoms. The first-order valence-electron chi connectivity index (χ1n) is 8.23. The van der Waals surface area contributed by atoms with E-state index in [0.717, 1.165) is 16.7 Å². The van der Waals surface area contributed by atoms with Crippen molar-refractivity contribution in [1.29, 1.82) is 0 Å². The lowest BCUT2D eigenvalue weighted by Crippen LogP contribution is -2.23. The summed E-state index contributed by atoms with van der Waals surface area (Å²) in [4.78, 5) is 17.0. The highest BCUT2D eigenvalue weighted by Crippen LogP contribution is 2.17. The summed E-state index contributed by atoms with van der Waals surface area (Å²) in [6.45, 7) is 1.94. The molecule has 130 valence electrons. The van der Waals surface area contributed by atoms with Crippen molar-refractivity contribution >= 4 is 16.9 Å². The predicted molar refractivity (Wildman–Crippen MR) is 96.3 cm³/mol. The Bertz CT molecular complexity index is 1080. The molecule has 2 heterocycles. The van der Waals surface area contributed by atoms with Gasteiger partial charge in [0.25, 0.3) is 5.91 Å². The van der Waals surface area contributed by atoms with Gasteiger partial charge in [0, 0.05) is 0 Å². The van der Waals surface area contributed by atoms with E-state index in [1.54, 1.807) is 27.8 Å². The molecule has 4 rings (SSSR count). The van der Waals surface area contributed by atoms with Crippen molar-refractivity contribution in [2.45, 2.75) is 13.3 Å². The third-order valence-electron chi connectivity index (χ3n) is 4.20. The number of fused-ring (bicyclic) bond motifs is 1. The summed E-state index contributed by atoms with van der Waals surface area (Å²) >= 11 is 0. The first-order valence-corrected chi connectivity index (χ1v) is 8.23. The van der Waals surface area contributed by atoms with Gasteiger partial charge in [-0.3, -0.25) is 10.2 Å². The van der Waals surface area contributed by atoms with E-state index in [4.69, 9.17) is 0 Å². The van der Waals surface area contributed by atoms with Gasteiger partial charge >= 0.3 is 0 Å². The smallest absolute Gasteiger partial charge is 0.267 e. The standard InChI is InChI=1S/C19H16FN5O/c1-2-17-15(11-22-25(17)14-9-7-13(20)8-10-14)19(26)23-24-12-21-16-5-3-4-6-18(16)24/h3-12H,2H2,1H3,(H,23,26). The molecule has 4 aromatic rings. The van der Waals surface area contributed by atoms with Gasteiger partial charge in [-0.05, 0) is 42.8 Å². The largest absolute Gasteiger partial charge is 0.273 e. The van der Waals surface area contributed by atoms with Gasteiger partial charge in [-0.2, -0.15) is 5.10 Å². The van der Waals surface area contributed by atoms with Crippen LogP contribution in [-0.2, 0) is 6.42 Å². The molecule has 1 amide bonds. The van der Waals surface area contributed by atoms with Gasteiger partial charge in [0.05, 0.1) is 34.2 Å². The van der Waals surface area contributed by atoms with Crippen LogP contribution in [0, 0.1) is 5.82 Å². The fraction of sp³-hybridized carbons (Fsp3) is 0.105. The Morgan fingerprint density at radius 3 is 2.69 bits per heavy atom. The highest BCUT2D eigenvalue weighted by Gasteiger charge is 2.18. The maximum Gasteiger partial charge on any atom is 0.273 e. The van der Waals surface area contributed by atoms with Gasteiger partial charge in [-0.25, -0.2) is 18.7 Å². The molecule has 0 radical (unpaired) electrons. The number of carbonyl (C=O) groups is 1. The van der Waals surface area contributed by atoms with Gasteiger partial charge in [0.15, 0.2) is 0 Å². The number of para-hydroxylation sites is 2. The summed E-state index contributed by atoms with van der Waals surface area (Å²) in [5.41, 5.74) is 6.36. The lowest BCUT2D eigenvalue weighted by Gasteiger charge is -2.09. The Kier molecular flexibility index (Phi) is 3.96. The van der Waals surface area contributed by atoms with E-state index in [1.807, 2.05) is 31.2 Å². The molecule has 6 nitrogen and oxygen atoms in total. The topological polar surface area (TPSA) is 64.7 Å². The molecule has 0 saturated carbocycles. The fourth-order valence-corrected chi connectivity index (χ4v) is 2.93. The average Bonchev–Trinajstić information content (AvgIpc) is 3.27. The number of imidazole rings is 1. The van der Waals surface area contributed by atoms with Crippen LogP contribution in [0.5, 0.6) is 0 Å². The monoisotopic (exact) mass is 349 g/mol.